The topological polar surface area (TPSA) is 85.2 Å². The summed E-state index contributed by atoms with van der Waals surface area (Å²) in [6, 6.07) is 9.93. The lowest BCUT2D eigenvalue weighted by Gasteiger charge is -2.31. The van der Waals surface area contributed by atoms with Crippen LogP contribution in [0.25, 0.3) is 5.69 Å². The summed E-state index contributed by atoms with van der Waals surface area (Å²) >= 11 is 6.15. The number of carbonyl (C=O) groups excluding carboxylic acids is 2. The largest absolute Gasteiger partial charge is 0.573 e. The van der Waals surface area contributed by atoms with Crippen LogP contribution in [0.2, 0.25) is 5.02 Å². The van der Waals surface area contributed by atoms with Gasteiger partial charge in [-0.3, -0.25) is 9.59 Å². The maximum atomic E-state index is 13.1. The molecule has 0 saturated heterocycles. The lowest BCUT2D eigenvalue weighted by molar-refractivity contribution is -0.274. The van der Waals surface area contributed by atoms with Gasteiger partial charge < -0.3 is 15.4 Å². The molecule has 0 saturated carbocycles. The first-order chi connectivity index (χ1) is 14.7. The Morgan fingerprint density at radius 3 is 2.52 bits per heavy atom. The van der Waals surface area contributed by atoms with E-state index in [4.69, 9.17) is 11.6 Å². The molecule has 1 atom stereocenters. The Bertz CT molecular complexity index is 1240. The molecule has 1 aromatic heterocycles. The third kappa shape index (κ3) is 3.02. The SMILES string of the molecule is O=C1CC2(C(=O)Nc3ccc(Cl)cc32)c2cnn(-c3ccc(OC(F)(F)F)cc3)c2N1. The molecule has 0 radical (unpaired) electrons. The molecule has 0 bridgehead atoms. The molecule has 7 nitrogen and oxygen atoms in total. The third-order valence-corrected chi connectivity index (χ3v) is 5.54. The number of nitrogens with zero attached hydrogens (tertiary/aromatic N) is 2. The lowest BCUT2D eigenvalue weighted by Crippen LogP contribution is -2.43. The number of amides is 2. The van der Waals surface area contributed by atoms with Crippen LogP contribution in [0, 0.1) is 0 Å². The monoisotopic (exact) mass is 448 g/mol. The molecular weight excluding hydrogens is 437 g/mol. The number of alkyl halides is 3. The van der Waals surface area contributed by atoms with E-state index in [1.54, 1.807) is 18.2 Å². The number of carbonyl (C=O) groups is 2. The van der Waals surface area contributed by atoms with Crippen LogP contribution >= 0.6 is 11.6 Å². The number of fused-ring (bicyclic) bond motifs is 4. The van der Waals surface area contributed by atoms with Crippen LogP contribution in [0.4, 0.5) is 24.7 Å². The first kappa shape index (κ1) is 19.4. The second kappa shape index (κ2) is 6.48. The highest BCUT2D eigenvalue weighted by Gasteiger charge is 2.54. The number of anilines is 2. The first-order valence-corrected chi connectivity index (χ1v) is 9.41. The van der Waals surface area contributed by atoms with Gasteiger partial charge in [0, 0.05) is 22.7 Å². The van der Waals surface area contributed by atoms with E-state index < -0.39 is 23.4 Å². The molecule has 2 amide bonds. The van der Waals surface area contributed by atoms with E-state index in [0.717, 1.165) is 12.1 Å². The molecule has 0 aliphatic carbocycles. The van der Waals surface area contributed by atoms with Gasteiger partial charge in [0.25, 0.3) is 0 Å². The van der Waals surface area contributed by atoms with Crippen LogP contribution in [0.15, 0.2) is 48.7 Å². The van der Waals surface area contributed by atoms with Crippen LogP contribution in [-0.4, -0.2) is 28.0 Å². The number of hydrogen-bond acceptors (Lipinski definition) is 4. The maximum absolute atomic E-state index is 13.1. The Labute approximate surface area is 177 Å². The molecule has 1 spiro atoms. The Balaban J connectivity index is 1.62. The fourth-order valence-electron chi connectivity index (χ4n) is 4.05. The predicted octanol–water partition coefficient (Wildman–Crippen LogP) is 4.00. The van der Waals surface area contributed by atoms with Crippen molar-refractivity contribution in [3.63, 3.8) is 0 Å². The van der Waals surface area contributed by atoms with Crippen molar-refractivity contribution >= 4 is 34.9 Å². The van der Waals surface area contributed by atoms with Crippen molar-refractivity contribution in [3.05, 3.63) is 64.8 Å². The molecule has 2 N–H and O–H groups in total. The zero-order valence-electron chi connectivity index (χ0n) is 15.5. The van der Waals surface area contributed by atoms with Crippen LogP contribution in [0.5, 0.6) is 5.75 Å². The smallest absolute Gasteiger partial charge is 0.406 e. The van der Waals surface area contributed by atoms with Gasteiger partial charge in [-0.05, 0) is 48.0 Å². The van der Waals surface area contributed by atoms with Crippen molar-refractivity contribution in [3.8, 4) is 11.4 Å². The highest BCUT2D eigenvalue weighted by molar-refractivity contribution is 6.31. The third-order valence-electron chi connectivity index (χ3n) is 5.30. The van der Waals surface area contributed by atoms with E-state index in [9.17, 15) is 22.8 Å². The highest BCUT2D eigenvalue weighted by Crippen LogP contribution is 2.50. The minimum atomic E-state index is -4.81. The highest BCUT2D eigenvalue weighted by atomic mass is 35.5. The van der Waals surface area contributed by atoms with Gasteiger partial charge in [-0.15, -0.1) is 13.2 Å². The summed E-state index contributed by atoms with van der Waals surface area (Å²) in [5.41, 5.74) is 0.639. The van der Waals surface area contributed by atoms with Crippen LogP contribution in [0.3, 0.4) is 0 Å². The quantitative estimate of drug-likeness (QED) is 0.620. The summed E-state index contributed by atoms with van der Waals surface area (Å²) in [4.78, 5) is 25.7. The van der Waals surface area contributed by atoms with Crippen LogP contribution in [-0.2, 0) is 15.0 Å². The fourth-order valence-corrected chi connectivity index (χ4v) is 4.22. The molecule has 3 aromatic rings. The van der Waals surface area contributed by atoms with Gasteiger partial charge in [-0.25, -0.2) is 4.68 Å². The van der Waals surface area contributed by atoms with E-state index in [2.05, 4.69) is 20.5 Å². The fraction of sp³-hybridized carbons (Fsp3) is 0.150. The van der Waals surface area contributed by atoms with Crippen molar-refractivity contribution in [1.82, 2.24) is 9.78 Å². The Morgan fingerprint density at radius 2 is 1.81 bits per heavy atom. The molecule has 5 rings (SSSR count). The van der Waals surface area contributed by atoms with Gasteiger partial charge in [0.1, 0.15) is 17.0 Å². The molecule has 1 unspecified atom stereocenters. The van der Waals surface area contributed by atoms with E-state index in [0.29, 0.717) is 27.5 Å². The van der Waals surface area contributed by atoms with Crippen molar-refractivity contribution in [2.45, 2.75) is 18.2 Å². The second-order valence-electron chi connectivity index (χ2n) is 7.13. The van der Waals surface area contributed by atoms with Gasteiger partial charge in [0.2, 0.25) is 11.8 Å². The van der Waals surface area contributed by atoms with Crippen LogP contribution < -0.4 is 15.4 Å². The molecule has 2 aliphatic heterocycles. The molecule has 3 heterocycles. The summed E-state index contributed by atoms with van der Waals surface area (Å²) in [6.07, 6.45) is -3.48. The van der Waals surface area contributed by atoms with Crippen LogP contribution in [0.1, 0.15) is 17.5 Å². The van der Waals surface area contributed by atoms with Crippen molar-refractivity contribution in [2.75, 3.05) is 10.6 Å². The Kier molecular flexibility index (Phi) is 4.06. The minimum Gasteiger partial charge on any atom is -0.406 e. The molecule has 31 heavy (non-hydrogen) atoms. The predicted molar refractivity (Wildman–Crippen MR) is 104 cm³/mol. The average molecular weight is 449 g/mol. The first-order valence-electron chi connectivity index (χ1n) is 9.03. The Morgan fingerprint density at radius 1 is 1.06 bits per heavy atom. The molecule has 158 valence electrons. The molecule has 11 heteroatoms. The number of hydrogen-bond donors (Lipinski definition) is 2. The molecular formula is C20H12ClF3N4O3. The molecule has 0 fully saturated rings. The maximum Gasteiger partial charge on any atom is 0.573 e. The summed E-state index contributed by atoms with van der Waals surface area (Å²) in [5, 5.41) is 10.2. The van der Waals surface area contributed by atoms with E-state index in [1.807, 2.05) is 0 Å². The van der Waals surface area contributed by atoms with Gasteiger partial charge in [0.05, 0.1) is 11.9 Å². The van der Waals surface area contributed by atoms with E-state index in [-0.39, 0.29) is 18.1 Å². The average Bonchev–Trinajstić information content (AvgIpc) is 3.22. The second-order valence-corrected chi connectivity index (χ2v) is 7.57. The summed E-state index contributed by atoms with van der Waals surface area (Å²) in [7, 11) is 0. The number of aromatic nitrogens is 2. The van der Waals surface area contributed by atoms with Crippen molar-refractivity contribution in [2.24, 2.45) is 0 Å². The number of halogens is 4. The molecule has 2 aliphatic rings. The van der Waals surface area contributed by atoms with E-state index >= 15 is 0 Å². The zero-order chi connectivity index (χ0) is 22.0. The normalized spacial score (nSPS) is 19.6. The Hall–Kier alpha value is -3.53. The van der Waals surface area contributed by atoms with Gasteiger partial charge >= 0.3 is 6.36 Å². The van der Waals surface area contributed by atoms with Crippen molar-refractivity contribution < 1.29 is 27.5 Å². The van der Waals surface area contributed by atoms with Gasteiger partial charge in [-0.2, -0.15) is 5.10 Å². The number of benzene rings is 2. The molecule has 2 aromatic carbocycles. The number of nitrogens with one attached hydrogen (secondary N) is 2. The van der Waals surface area contributed by atoms with Crippen molar-refractivity contribution in [1.29, 1.82) is 0 Å². The van der Waals surface area contributed by atoms with E-state index in [1.165, 1.54) is 23.0 Å². The number of rotatable bonds is 2. The number of ether oxygens (including phenoxy) is 1. The lowest BCUT2D eigenvalue weighted by atomic mass is 9.72. The summed E-state index contributed by atoms with van der Waals surface area (Å²) in [6.45, 7) is 0. The summed E-state index contributed by atoms with van der Waals surface area (Å²) < 4.78 is 42.4. The minimum absolute atomic E-state index is 0.136. The standard InChI is InChI=1S/C20H12ClF3N4O3/c21-10-1-6-15-13(7-10)19(18(30)26-15)8-16(29)27-17-14(19)9-25-28(17)11-2-4-12(5-3-11)31-20(22,23)24/h1-7,9H,8H2,(H,26,30)(H,27,29). The van der Waals surface area contributed by atoms with Gasteiger partial charge in [0.15, 0.2) is 0 Å². The van der Waals surface area contributed by atoms with Gasteiger partial charge in [-0.1, -0.05) is 11.6 Å². The summed E-state index contributed by atoms with van der Waals surface area (Å²) in [5.74, 6) is -0.927. The zero-order valence-corrected chi connectivity index (χ0v) is 16.2.